The van der Waals surface area contributed by atoms with Crippen molar-refractivity contribution in [2.24, 2.45) is 0 Å². The lowest BCUT2D eigenvalue weighted by Gasteiger charge is -2.45. The van der Waals surface area contributed by atoms with E-state index in [1.165, 1.54) is 0 Å². The van der Waals surface area contributed by atoms with Gasteiger partial charge in [0.25, 0.3) is 18.6 Å². The van der Waals surface area contributed by atoms with Crippen molar-refractivity contribution in [3.05, 3.63) is 0 Å². The van der Waals surface area contributed by atoms with Crippen LogP contribution in [-0.4, -0.2) is 62.3 Å². The van der Waals surface area contributed by atoms with Gasteiger partial charge < -0.3 is 24.7 Å². The molecule has 2 heterocycles. The third kappa shape index (κ3) is 8.04. The van der Waals surface area contributed by atoms with Crippen LogP contribution < -0.4 is 0 Å². The van der Waals surface area contributed by atoms with Gasteiger partial charge in [-0.2, -0.15) is 0 Å². The summed E-state index contributed by atoms with van der Waals surface area (Å²) in [6.45, 7) is 17.4. The topological polar surface area (TPSA) is 55.4 Å². The van der Waals surface area contributed by atoms with Crippen LogP contribution in [0.2, 0.25) is 63.7 Å². The summed E-state index contributed by atoms with van der Waals surface area (Å²) in [4.78, 5) is 0. The summed E-state index contributed by atoms with van der Waals surface area (Å²) >= 11 is 0. The Balaban J connectivity index is 0.00000288. The second-order valence-corrected chi connectivity index (χ2v) is 29.4. The predicted octanol–water partition coefficient (Wildman–Crippen LogP) is 2.72. The van der Waals surface area contributed by atoms with Gasteiger partial charge in [0.15, 0.2) is 18.1 Å². The molecule has 0 aromatic rings. The molecule has 0 spiro atoms. The molecule has 6 atom stereocenters. The zero-order valence-electron chi connectivity index (χ0n) is 15.7. The van der Waals surface area contributed by atoms with Crippen molar-refractivity contribution in [3.63, 3.8) is 0 Å². The van der Waals surface area contributed by atoms with Gasteiger partial charge in [-0.05, 0) is 52.4 Å². The Labute approximate surface area is 165 Å². The quantitative estimate of drug-likeness (QED) is 0.581. The molecule has 152 valence electrons. The summed E-state index contributed by atoms with van der Waals surface area (Å²) in [6, 6.07) is 0. The van der Waals surface area contributed by atoms with E-state index in [9.17, 15) is 0 Å². The lowest BCUT2D eigenvalue weighted by atomic mass is 11.8. The molecule has 6 nitrogen and oxygen atoms in total. The highest BCUT2D eigenvalue weighted by atomic mass is 28.5. The first-order valence-electron chi connectivity index (χ1n) is 8.47. The van der Waals surface area contributed by atoms with Crippen molar-refractivity contribution in [1.82, 2.24) is 0 Å². The smallest absolute Gasteiger partial charge is 0.316 e. The van der Waals surface area contributed by atoms with E-state index >= 15 is 0 Å². The van der Waals surface area contributed by atoms with Crippen LogP contribution in [0, 0.1) is 0 Å². The van der Waals surface area contributed by atoms with E-state index in [4.69, 9.17) is 24.7 Å². The molecular formula is C12H40O6Si7. The van der Waals surface area contributed by atoms with Crippen molar-refractivity contribution in [1.29, 1.82) is 0 Å². The molecule has 0 N–H and O–H groups in total. The molecule has 0 saturated carbocycles. The van der Waals surface area contributed by atoms with Crippen LogP contribution in [-0.2, 0) is 24.7 Å². The van der Waals surface area contributed by atoms with Crippen molar-refractivity contribution >= 4 is 62.3 Å². The first-order chi connectivity index (χ1) is 10.4. The van der Waals surface area contributed by atoms with Gasteiger partial charge in [-0.15, -0.1) is 0 Å². The Morgan fingerprint density at radius 1 is 0.760 bits per heavy atom. The number of rotatable bonds is 4. The molecule has 13 heteroatoms. The SMILES string of the molecule is C.C.C[SiH]1C[Si](C)(O[Si](C)(C)O[Si]2(C)C[SiH](C)O[SiH](C)O2)O[SiH](C)O1. The average molecular weight is 477 g/mol. The van der Waals surface area contributed by atoms with Crippen LogP contribution in [0.4, 0.5) is 0 Å². The maximum atomic E-state index is 6.61. The van der Waals surface area contributed by atoms with Crippen LogP contribution in [0.3, 0.4) is 0 Å². The fraction of sp³-hybridized carbons (Fsp3) is 1.00. The van der Waals surface area contributed by atoms with Crippen molar-refractivity contribution in [3.8, 4) is 0 Å². The van der Waals surface area contributed by atoms with E-state index in [1.54, 1.807) is 0 Å². The predicted molar refractivity (Wildman–Crippen MR) is 122 cm³/mol. The molecule has 6 unspecified atom stereocenters. The molecule has 0 radical (unpaired) electrons. The Morgan fingerprint density at radius 2 is 1.08 bits per heavy atom. The molecular weight excluding hydrogens is 437 g/mol. The van der Waals surface area contributed by atoms with E-state index in [0.717, 1.165) is 11.3 Å². The van der Waals surface area contributed by atoms with Crippen molar-refractivity contribution < 1.29 is 24.7 Å². The number of hydrogen-bond donors (Lipinski definition) is 0. The maximum absolute atomic E-state index is 6.61. The Kier molecular flexibility index (Phi) is 10.2. The largest absolute Gasteiger partial charge is 0.441 e. The summed E-state index contributed by atoms with van der Waals surface area (Å²) in [5.74, 6) is 0. The highest BCUT2D eigenvalue weighted by molar-refractivity contribution is 6.95. The van der Waals surface area contributed by atoms with E-state index in [-0.39, 0.29) is 14.9 Å². The summed E-state index contributed by atoms with van der Waals surface area (Å²) < 4.78 is 37.6. The van der Waals surface area contributed by atoms with Gasteiger partial charge in [-0.25, -0.2) is 0 Å². The average Bonchev–Trinajstić information content (AvgIpc) is 2.19. The summed E-state index contributed by atoms with van der Waals surface area (Å²) in [5.41, 5.74) is 2.03. The highest BCUT2D eigenvalue weighted by Crippen LogP contribution is 2.31. The monoisotopic (exact) mass is 476 g/mol. The van der Waals surface area contributed by atoms with Crippen LogP contribution in [0.15, 0.2) is 0 Å². The minimum absolute atomic E-state index is 0. The van der Waals surface area contributed by atoms with E-state index < -0.39 is 62.3 Å². The molecule has 0 aromatic heterocycles. The molecule has 0 aliphatic carbocycles. The summed E-state index contributed by atoms with van der Waals surface area (Å²) in [6.07, 6.45) is 0. The van der Waals surface area contributed by atoms with Gasteiger partial charge in [0.1, 0.15) is 0 Å². The van der Waals surface area contributed by atoms with Gasteiger partial charge in [-0.3, -0.25) is 0 Å². The van der Waals surface area contributed by atoms with Crippen LogP contribution in [0.25, 0.3) is 0 Å². The molecule has 2 saturated heterocycles. The van der Waals surface area contributed by atoms with Crippen LogP contribution >= 0.6 is 0 Å². The molecule has 2 aliphatic rings. The maximum Gasteiger partial charge on any atom is 0.316 e. The third-order valence-electron chi connectivity index (χ3n) is 3.92. The van der Waals surface area contributed by atoms with Gasteiger partial charge in [0.2, 0.25) is 0 Å². The molecule has 2 aliphatic heterocycles. The highest BCUT2D eigenvalue weighted by Gasteiger charge is 2.51. The molecule has 2 rings (SSSR count). The molecule has 0 aromatic carbocycles. The van der Waals surface area contributed by atoms with Crippen LogP contribution in [0.1, 0.15) is 14.9 Å². The summed E-state index contributed by atoms with van der Waals surface area (Å²) in [5, 5.41) is 0. The fourth-order valence-electron chi connectivity index (χ4n) is 3.84. The van der Waals surface area contributed by atoms with Gasteiger partial charge >= 0.3 is 25.7 Å². The lowest BCUT2D eigenvalue weighted by molar-refractivity contribution is 0.269. The second kappa shape index (κ2) is 9.66. The molecule has 0 amide bonds. The van der Waals surface area contributed by atoms with Crippen molar-refractivity contribution in [2.75, 3.05) is 0 Å². The minimum atomic E-state index is -2.29. The van der Waals surface area contributed by atoms with Crippen molar-refractivity contribution in [2.45, 2.75) is 78.6 Å². The van der Waals surface area contributed by atoms with E-state index in [2.05, 4.69) is 52.4 Å². The Hall–Kier alpha value is 1.28. The Morgan fingerprint density at radius 3 is 1.36 bits per heavy atom. The zero-order valence-corrected chi connectivity index (χ0v) is 23.3. The lowest BCUT2D eigenvalue weighted by Crippen LogP contribution is -2.63. The van der Waals surface area contributed by atoms with Crippen LogP contribution in [0.5, 0.6) is 0 Å². The Bertz CT molecular complexity index is 373. The third-order valence-corrected chi connectivity index (χ3v) is 35.3. The molecule has 2 fully saturated rings. The first kappa shape index (κ1) is 26.3. The molecule has 0 bridgehead atoms. The molecule has 25 heavy (non-hydrogen) atoms. The van der Waals surface area contributed by atoms with E-state index in [0.29, 0.717) is 0 Å². The minimum Gasteiger partial charge on any atom is -0.441 e. The normalized spacial score (nSPS) is 42.2. The van der Waals surface area contributed by atoms with Gasteiger partial charge in [0, 0.05) is 11.3 Å². The first-order valence-corrected chi connectivity index (χ1v) is 25.4. The zero-order chi connectivity index (χ0) is 17.5. The van der Waals surface area contributed by atoms with E-state index in [1.807, 2.05) is 0 Å². The standard InChI is InChI=1S/C10H32O6Si7.2CH4/c1-17-9-22(7,13-19(3)11-17)15-21(5,6)16-23(8)10-18(2)12-20(4)14-23;;/h17-20H,9-10H2,1-8H3;2*1H4. The second-order valence-electron chi connectivity index (χ2n) is 7.54. The van der Waals surface area contributed by atoms with Gasteiger partial charge in [-0.1, -0.05) is 14.9 Å². The van der Waals surface area contributed by atoms with Gasteiger partial charge in [0.05, 0.1) is 0 Å². The number of hydrogen-bond acceptors (Lipinski definition) is 6. The fourth-order valence-corrected chi connectivity index (χ4v) is 41.8. The summed E-state index contributed by atoms with van der Waals surface area (Å²) in [7, 11) is -11.9.